The van der Waals surface area contributed by atoms with Gasteiger partial charge in [0, 0.05) is 10.9 Å². The van der Waals surface area contributed by atoms with Gasteiger partial charge in [0.2, 0.25) is 0 Å². The molecule has 2 fully saturated rings. The van der Waals surface area contributed by atoms with Crippen molar-refractivity contribution in [1.29, 1.82) is 0 Å². The summed E-state index contributed by atoms with van der Waals surface area (Å²) in [5.41, 5.74) is 2.21. The third kappa shape index (κ3) is 3.55. The van der Waals surface area contributed by atoms with Gasteiger partial charge in [0.1, 0.15) is 11.2 Å². The second-order valence-electron chi connectivity index (χ2n) is 7.81. The van der Waals surface area contributed by atoms with Crippen molar-refractivity contribution in [2.75, 3.05) is 6.61 Å². The molecule has 2 aromatic rings. The summed E-state index contributed by atoms with van der Waals surface area (Å²) in [7, 11) is 0. The number of hydrazine groups is 1. The van der Waals surface area contributed by atoms with E-state index in [1.54, 1.807) is 0 Å². The van der Waals surface area contributed by atoms with Gasteiger partial charge in [-0.15, -0.1) is 0 Å². The molecule has 2 aliphatic rings. The van der Waals surface area contributed by atoms with E-state index in [9.17, 15) is 19.2 Å². The van der Waals surface area contributed by atoms with Crippen LogP contribution >= 0.6 is 15.9 Å². The van der Waals surface area contributed by atoms with Crippen LogP contribution in [0, 0.1) is 5.92 Å². The lowest BCUT2D eigenvalue weighted by atomic mass is 9.77. The molecule has 1 saturated carbocycles. The molecule has 4 rings (SSSR count). The SMILES string of the molecule is CC1CCC2(CC1)NC(=O)N(NC(=O)COC(=O)c1[nH]c3ccccc3c1Br)C2=O. The van der Waals surface area contributed by atoms with E-state index in [1.165, 1.54) is 0 Å². The van der Waals surface area contributed by atoms with E-state index in [0.29, 0.717) is 28.2 Å². The van der Waals surface area contributed by atoms with Gasteiger partial charge in [0.25, 0.3) is 11.8 Å². The minimum Gasteiger partial charge on any atom is -0.451 e. The molecule has 4 amide bonds. The van der Waals surface area contributed by atoms with Crippen LogP contribution in [0.5, 0.6) is 0 Å². The fourth-order valence-corrected chi connectivity index (χ4v) is 4.53. The molecule has 10 heteroatoms. The molecule has 1 spiro atoms. The van der Waals surface area contributed by atoms with Crippen LogP contribution in [0.2, 0.25) is 0 Å². The number of carbonyl (C=O) groups excluding carboxylic acids is 4. The van der Waals surface area contributed by atoms with Gasteiger partial charge in [0.15, 0.2) is 6.61 Å². The Balaban J connectivity index is 1.36. The van der Waals surface area contributed by atoms with Crippen LogP contribution < -0.4 is 10.7 Å². The number of aromatic nitrogens is 1. The molecule has 0 radical (unpaired) electrons. The molecule has 2 heterocycles. The number of carbonyl (C=O) groups is 4. The number of para-hydroxylation sites is 1. The molecule has 1 aromatic heterocycles. The maximum Gasteiger partial charge on any atom is 0.356 e. The molecular formula is C20H21BrN4O5. The third-order valence-electron chi connectivity index (χ3n) is 5.71. The molecule has 0 atom stereocenters. The van der Waals surface area contributed by atoms with Gasteiger partial charge in [-0.3, -0.25) is 15.0 Å². The number of nitrogens with one attached hydrogen (secondary N) is 3. The molecule has 0 bridgehead atoms. The summed E-state index contributed by atoms with van der Waals surface area (Å²) in [6, 6.07) is 6.63. The van der Waals surface area contributed by atoms with Gasteiger partial charge in [-0.05, 0) is 53.6 Å². The van der Waals surface area contributed by atoms with Crippen LogP contribution in [-0.4, -0.2) is 46.0 Å². The number of fused-ring (bicyclic) bond motifs is 1. The molecule has 3 N–H and O–H groups in total. The predicted octanol–water partition coefficient (Wildman–Crippen LogP) is 2.62. The Bertz CT molecular complexity index is 1040. The lowest BCUT2D eigenvalue weighted by Gasteiger charge is -2.33. The Kier molecular flexibility index (Phi) is 5.27. The molecule has 1 saturated heterocycles. The molecule has 158 valence electrons. The zero-order valence-corrected chi connectivity index (χ0v) is 17.9. The van der Waals surface area contributed by atoms with Gasteiger partial charge < -0.3 is 15.0 Å². The summed E-state index contributed by atoms with van der Waals surface area (Å²) in [5, 5.41) is 4.20. The molecule has 1 aliphatic heterocycles. The highest BCUT2D eigenvalue weighted by Gasteiger charge is 2.52. The second kappa shape index (κ2) is 7.75. The van der Waals surface area contributed by atoms with E-state index in [1.807, 2.05) is 24.3 Å². The van der Waals surface area contributed by atoms with Gasteiger partial charge in [0.05, 0.1) is 4.47 Å². The molecule has 9 nitrogen and oxygen atoms in total. The number of hydrogen-bond acceptors (Lipinski definition) is 5. The fraction of sp³-hybridized carbons (Fsp3) is 0.400. The van der Waals surface area contributed by atoms with Gasteiger partial charge in [-0.25, -0.2) is 9.59 Å². The Morgan fingerprint density at radius 2 is 1.97 bits per heavy atom. The van der Waals surface area contributed by atoms with Crippen LogP contribution in [0.1, 0.15) is 43.1 Å². The topological polar surface area (TPSA) is 121 Å². The fourth-order valence-electron chi connectivity index (χ4n) is 3.92. The van der Waals surface area contributed by atoms with E-state index >= 15 is 0 Å². The van der Waals surface area contributed by atoms with E-state index in [4.69, 9.17) is 4.74 Å². The number of ether oxygens (including phenoxy) is 1. The Morgan fingerprint density at radius 3 is 2.67 bits per heavy atom. The molecule has 1 aromatic carbocycles. The minimum atomic E-state index is -0.956. The lowest BCUT2D eigenvalue weighted by molar-refractivity contribution is -0.141. The van der Waals surface area contributed by atoms with Crippen molar-refractivity contribution >= 4 is 50.6 Å². The minimum absolute atomic E-state index is 0.175. The van der Waals surface area contributed by atoms with Crippen molar-refractivity contribution in [2.24, 2.45) is 5.92 Å². The highest BCUT2D eigenvalue weighted by molar-refractivity contribution is 9.10. The smallest absolute Gasteiger partial charge is 0.356 e. The normalized spacial score (nSPS) is 23.7. The first-order chi connectivity index (χ1) is 14.3. The monoisotopic (exact) mass is 476 g/mol. The van der Waals surface area contributed by atoms with Crippen molar-refractivity contribution in [3.8, 4) is 0 Å². The predicted molar refractivity (Wildman–Crippen MR) is 110 cm³/mol. The summed E-state index contributed by atoms with van der Waals surface area (Å²) < 4.78 is 5.58. The summed E-state index contributed by atoms with van der Waals surface area (Å²) in [4.78, 5) is 52.5. The highest BCUT2D eigenvalue weighted by atomic mass is 79.9. The lowest BCUT2D eigenvalue weighted by Crippen LogP contribution is -2.52. The third-order valence-corrected chi connectivity index (χ3v) is 6.53. The first kappa shape index (κ1) is 20.4. The van der Waals surface area contributed by atoms with Crippen LogP contribution in [-0.2, 0) is 14.3 Å². The van der Waals surface area contributed by atoms with Gasteiger partial charge >= 0.3 is 12.0 Å². The van der Waals surface area contributed by atoms with E-state index < -0.39 is 36.0 Å². The average Bonchev–Trinajstić information content (AvgIpc) is 3.18. The number of imide groups is 1. The van der Waals surface area contributed by atoms with Crippen molar-refractivity contribution < 1.29 is 23.9 Å². The number of benzene rings is 1. The number of hydrogen-bond donors (Lipinski definition) is 3. The standard InChI is InChI=1S/C20H21BrN4O5/c1-11-6-8-20(9-7-11)18(28)25(19(29)23-20)24-14(26)10-30-17(27)16-15(21)12-4-2-3-5-13(12)22-16/h2-5,11,22H,6-10H2,1H3,(H,23,29)(H,24,26). The summed E-state index contributed by atoms with van der Waals surface area (Å²) >= 11 is 3.35. The first-order valence-corrected chi connectivity index (χ1v) is 10.5. The second-order valence-corrected chi connectivity index (χ2v) is 8.60. The number of esters is 1. The highest BCUT2D eigenvalue weighted by Crippen LogP contribution is 2.35. The molecule has 30 heavy (non-hydrogen) atoms. The van der Waals surface area contributed by atoms with Crippen molar-refractivity contribution in [1.82, 2.24) is 20.7 Å². The summed E-state index contributed by atoms with van der Waals surface area (Å²) in [6.07, 6.45) is 2.72. The van der Waals surface area contributed by atoms with Crippen LogP contribution in [0.4, 0.5) is 4.79 Å². The number of H-pyrrole nitrogens is 1. The Hall–Kier alpha value is -2.88. The number of rotatable bonds is 4. The van der Waals surface area contributed by atoms with Gasteiger partial charge in [-0.1, -0.05) is 25.1 Å². The number of nitrogens with zero attached hydrogens (tertiary/aromatic N) is 1. The molecule has 1 aliphatic carbocycles. The van der Waals surface area contributed by atoms with Crippen molar-refractivity contribution in [2.45, 2.75) is 38.1 Å². The van der Waals surface area contributed by atoms with Crippen molar-refractivity contribution in [3.05, 3.63) is 34.4 Å². The van der Waals surface area contributed by atoms with Crippen molar-refractivity contribution in [3.63, 3.8) is 0 Å². The first-order valence-electron chi connectivity index (χ1n) is 9.70. The van der Waals surface area contributed by atoms with Crippen LogP contribution in [0.25, 0.3) is 10.9 Å². The quantitative estimate of drug-likeness (QED) is 0.462. The number of halogens is 1. The maximum absolute atomic E-state index is 12.7. The van der Waals surface area contributed by atoms with Crippen LogP contribution in [0.3, 0.4) is 0 Å². The number of aromatic amines is 1. The molecular weight excluding hydrogens is 456 g/mol. The maximum atomic E-state index is 12.7. The molecule has 0 unspecified atom stereocenters. The Morgan fingerprint density at radius 1 is 1.27 bits per heavy atom. The zero-order chi connectivity index (χ0) is 21.5. The Labute approximate surface area is 180 Å². The number of amides is 4. The van der Waals surface area contributed by atoms with E-state index in [-0.39, 0.29) is 5.69 Å². The number of urea groups is 1. The van der Waals surface area contributed by atoms with Crippen LogP contribution in [0.15, 0.2) is 28.7 Å². The summed E-state index contributed by atoms with van der Waals surface area (Å²) in [6.45, 7) is 1.47. The van der Waals surface area contributed by atoms with E-state index in [2.05, 4.69) is 38.6 Å². The average molecular weight is 477 g/mol. The zero-order valence-electron chi connectivity index (χ0n) is 16.3. The van der Waals surface area contributed by atoms with E-state index in [0.717, 1.165) is 23.7 Å². The van der Waals surface area contributed by atoms with Gasteiger partial charge in [-0.2, -0.15) is 5.01 Å². The summed E-state index contributed by atoms with van der Waals surface area (Å²) in [5.74, 6) is -1.49. The largest absolute Gasteiger partial charge is 0.451 e.